The number of aliphatic imine (C=N–C) groups is 1. The Hall–Kier alpha value is -1.35. The van der Waals surface area contributed by atoms with E-state index in [4.69, 9.17) is 0 Å². The van der Waals surface area contributed by atoms with Crippen molar-refractivity contribution in [3.05, 3.63) is 35.4 Å². The summed E-state index contributed by atoms with van der Waals surface area (Å²) in [4.78, 5) is 22.9. The lowest BCUT2D eigenvalue weighted by molar-refractivity contribution is -0.127. The number of benzene rings is 1. The predicted molar refractivity (Wildman–Crippen MR) is 127 cm³/mol. The molecule has 0 radical (unpaired) electrons. The topological polar surface area (TPSA) is 51.2 Å². The molecule has 0 spiro atoms. The molecule has 1 fully saturated rings. The number of hydrogen-bond donors (Lipinski definition) is 1. The Morgan fingerprint density at radius 3 is 2.50 bits per heavy atom. The first-order valence-electron chi connectivity index (χ1n) is 9.93. The lowest BCUT2D eigenvalue weighted by Crippen LogP contribution is -2.53. The van der Waals surface area contributed by atoms with Crippen LogP contribution in [0.4, 0.5) is 0 Å². The van der Waals surface area contributed by atoms with Crippen molar-refractivity contribution in [3.63, 3.8) is 0 Å². The number of carbonyl (C=O) groups is 1. The quantitative estimate of drug-likeness (QED) is 0.370. The fraction of sp³-hybridized carbons (Fsp3) is 0.619. The van der Waals surface area contributed by atoms with Gasteiger partial charge in [0.05, 0.1) is 0 Å². The van der Waals surface area contributed by atoms with E-state index in [1.165, 1.54) is 11.1 Å². The minimum absolute atomic E-state index is 0. The monoisotopic (exact) mass is 501 g/mol. The molecule has 1 aliphatic rings. The molecule has 0 aromatic heterocycles. The second kappa shape index (κ2) is 12.3. The van der Waals surface area contributed by atoms with Gasteiger partial charge in [-0.05, 0) is 25.8 Å². The Balaban J connectivity index is 0.00000392. The van der Waals surface area contributed by atoms with Crippen LogP contribution >= 0.6 is 24.0 Å². The van der Waals surface area contributed by atoms with E-state index in [0.717, 1.165) is 45.1 Å². The highest BCUT2D eigenvalue weighted by molar-refractivity contribution is 14.0. The van der Waals surface area contributed by atoms with E-state index >= 15 is 0 Å². The standard InChI is InChI=1S/C21H35N5O.HI/c1-6-18(3)23-21(22-15-20(27)24(4)5)26-12-10-25(11-13-26)16-19-9-7-8-17(2)14-19;/h7-9,14,18H,6,10-13,15-16H2,1-5H3,(H,22,23);1H. The number of hydrogen-bond acceptors (Lipinski definition) is 3. The Morgan fingerprint density at radius 1 is 1.25 bits per heavy atom. The van der Waals surface area contributed by atoms with E-state index < -0.39 is 0 Å². The largest absolute Gasteiger partial charge is 0.354 e. The molecule has 1 aromatic rings. The van der Waals surface area contributed by atoms with Crippen molar-refractivity contribution in [1.82, 2.24) is 20.0 Å². The summed E-state index contributed by atoms with van der Waals surface area (Å²) in [5.41, 5.74) is 2.68. The zero-order chi connectivity index (χ0) is 19.8. The number of likely N-dealkylation sites (N-methyl/N-ethyl adjacent to an activating group) is 1. The minimum Gasteiger partial charge on any atom is -0.354 e. The SMILES string of the molecule is CCC(C)NC(=NCC(=O)N(C)C)N1CCN(Cc2cccc(C)c2)CC1.I. The Labute approximate surface area is 187 Å². The molecule has 1 aliphatic heterocycles. The van der Waals surface area contributed by atoms with Crippen LogP contribution in [-0.4, -0.2) is 79.4 Å². The first kappa shape index (κ1) is 24.7. The molecular formula is C21H36IN5O. The van der Waals surface area contributed by atoms with E-state index in [9.17, 15) is 4.79 Å². The maximum absolute atomic E-state index is 11.9. The van der Waals surface area contributed by atoms with Gasteiger partial charge in [0, 0.05) is 52.9 Å². The summed E-state index contributed by atoms with van der Waals surface area (Å²) in [6, 6.07) is 9.06. The van der Waals surface area contributed by atoms with Crippen LogP contribution < -0.4 is 5.32 Å². The van der Waals surface area contributed by atoms with Crippen LogP contribution in [0.2, 0.25) is 0 Å². The highest BCUT2D eigenvalue weighted by Gasteiger charge is 2.21. The summed E-state index contributed by atoms with van der Waals surface area (Å²) in [6.45, 7) is 11.5. The van der Waals surface area contributed by atoms with Crippen LogP contribution in [0.1, 0.15) is 31.4 Å². The van der Waals surface area contributed by atoms with E-state index in [0.29, 0.717) is 6.04 Å². The number of nitrogens with zero attached hydrogens (tertiary/aromatic N) is 4. The number of carbonyl (C=O) groups excluding carboxylic acids is 1. The minimum atomic E-state index is 0. The third-order valence-electron chi connectivity index (χ3n) is 5.01. The number of piperazine rings is 1. The molecular weight excluding hydrogens is 465 g/mol. The molecule has 1 atom stereocenters. The van der Waals surface area contributed by atoms with Crippen molar-refractivity contribution in [2.45, 2.75) is 39.8 Å². The van der Waals surface area contributed by atoms with E-state index in [-0.39, 0.29) is 36.4 Å². The normalized spacial score (nSPS) is 16.3. The molecule has 1 heterocycles. The summed E-state index contributed by atoms with van der Waals surface area (Å²) in [7, 11) is 3.54. The van der Waals surface area contributed by atoms with Gasteiger partial charge in [0.15, 0.2) is 5.96 Å². The van der Waals surface area contributed by atoms with Crippen LogP contribution in [0.15, 0.2) is 29.3 Å². The second-order valence-corrected chi connectivity index (χ2v) is 7.63. The van der Waals surface area contributed by atoms with Crippen LogP contribution in [0, 0.1) is 6.92 Å². The fourth-order valence-corrected chi connectivity index (χ4v) is 3.03. The zero-order valence-electron chi connectivity index (χ0n) is 17.9. The third-order valence-corrected chi connectivity index (χ3v) is 5.01. The van der Waals surface area contributed by atoms with Crippen LogP contribution in [-0.2, 0) is 11.3 Å². The molecule has 1 unspecified atom stereocenters. The van der Waals surface area contributed by atoms with E-state index in [1.54, 1.807) is 19.0 Å². The van der Waals surface area contributed by atoms with Gasteiger partial charge in [-0.1, -0.05) is 36.8 Å². The average molecular weight is 501 g/mol. The zero-order valence-corrected chi connectivity index (χ0v) is 20.3. The lowest BCUT2D eigenvalue weighted by Gasteiger charge is -2.37. The summed E-state index contributed by atoms with van der Waals surface area (Å²) >= 11 is 0. The Kier molecular flexibility index (Phi) is 10.8. The van der Waals surface area contributed by atoms with Gasteiger partial charge in [0.25, 0.3) is 0 Å². The van der Waals surface area contributed by atoms with Gasteiger partial charge in [0.2, 0.25) is 5.91 Å². The van der Waals surface area contributed by atoms with Gasteiger partial charge in [-0.3, -0.25) is 9.69 Å². The summed E-state index contributed by atoms with van der Waals surface area (Å²) in [5.74, 6) is 0.881. The maximum Gasteiger partial charge on any atom is 0.243 e. The average Bonchev–Trinajstić information content (AvgIpc) is 2.65. The smallest absolute Gasteiger partial charge is 0.243 e. The van der Waals surface area contributed by atoms with Gasteiger partial charge in [0.1, 0.15) is 6.54 Å². The number of guanidine groups is 1. The summed E-state index contributed by atoms with van der Waals surface area (Å²) in [6.07, 6.45) is 1.02. The summed E-state index contributed by atoms with van der Waals surface area (Å²) < 4.78 is 0. The number of nitrogens with one attached hydrogen (secondary N) is 1. The molecule has 1 saturated heterocycles. The third kappa shape index (κ3) is 7.95. The molecule has 0 saturated carbocycles. The molecule has 0 aliphatic carbocycles. The van der Waals surface area contributed by atoms with Gasteiger partial charge in [-0.25, -0.2) is 4.99 Å². The highest BCUT2D eigenvalue weighted by Crippen LogP contribution is 2.11. The second-order valence-electron chi connectivity index (χ2n) is 7.63. The van der Waals surface area contributed by atoms with E-state index in [1.807, 2.05) is 0 Å². The number of amides is 1. The maximum atomic E-state index is 11.9. The molecule has 1 aromatic carbocycles. The van der Waals surface area contributed by atoms with Crippen molar-refractivity contribution in [3.8, 4) is 0 Å². The Morgan fingerprint density at radius 2 is 1.93 bits per heavy atom. The number of aryl methyl sites for hydroxylation is 1. The van der Waals surface area contributed by atoms with Crippen molar-refractivity contribution in [1.29, 1.82) is 0 Å². The molecule has 158 valence electrons. The van der Waals surface area contributed by atoms with Gasteiger partial charge < -0.3 is 15.1 Å². The molecule has 1 amide bonds. The van der Waals surface area contributed by atoms with Crippen LogP contribution in [0.25, 0.3) is 0 Å². The van der Waals surface area contributed by atoms with Crippen LogP contribution in [0.3, 0.4) is 0 Å². The first-order valence-corrected chi connectivity index (χ1v) is 9.93. The molecule has 7 heteroatoms. The van der Waals surface area contributed by atoms with Crippen LogP contribution in [0.5, 0.6) is 0 Å². The van der Waals surface area contributed by atoms with Crippen molar-refractivity contribution in [2.75, 3.05) is 46.8 Å². The van der Waals surface area contributed by atoms with Gasteiger partial charge in [-0.15, -0.1) is 24.0 Å². The fourth-order valence-electron chi connectivity index (χ4n) is 3.03. The van der Waals surface area contributed by atoms with Crippen molar-refractivity contribution < 1.29 is 4.79 Å². The van der Waals surface area contributed by atoms with Crippen molar-refractivity contribution in [2.24, 2.45) is 4.99 Å². The lowest BCUT2D eigenvalue weighted by atomic mass is 10.1. The molecule has 28 heavy (non-hydrogen) atoms. The highest BCUT2D eigenvalue weighted by atomic mass is 127. The first-order chi connectivity index (χ1) is 12.9. The molecule has 6 nitrogen and oxygen atoms in total. The van der Waals surface area contributed by atoms with Crippen molar-refractivity contribution >= 4 is 35.8 Å². The molecule has 1 N–H and O–H groups in total. The number of rotatable bonds is 6. The van der Waals surface area contributed by atoms with Gasteiger partial charge in [-0.2, -0.15) is 0 Å². The molecule has 0 bridgehead atoms. The molecule has 2 rings (SSSR count). The Bertz CT molecular complexity index is 641. The number of halogens is 1. The predicted octanol–water partition coefficient (Wildman–Crippen LogP) is 2.56. The van der Waals surface area contributed by atoms with E-state index in [2.05, 4.69) is 65.1 Å². The van der Waals surface area contributed by atoms with Gasteiger partial charge >= 0.3 is 0 Å². The summed E-state index contributed by atoms with van der Waals surface area (Å²) in [5, 5.41) is 3.49.